The summed E-state index contributed by atoms with van der Waals surface area (Å²) < 4.78 is 0. The molecule has 18 heavy (non-hydrogen) atoms. The fourth-order valence-corrected chi connectivity index (χ4v) is 1.87. The van der Waals surface area contributed by atoms with E-state index < -0.39 is 11.6 Å². The molecule has 102 valence electrons. The van der Waals surface area contributed by atoms with Crippen LogP contribution in [0, 0.1) is 0 Å². The highest BCUT2D eigenvalue weighted by Crippen LogP contribution is 2.20. The molecule has 0 spiro atoms. The van der Waals surface area contributed by atoms with Crippen LogP contribution in [0.25, 0.3) is 0 Å². The second-order valence-electron chi connectivity index (χ2n) is 4.99. The standard InChI is InChI=1S/C12H21N3O3/c1-5-8(6-2)13-9(16)7-15-11(18)14-10(17)12(15,3)4/h8H,5-7H2,1-4H3,(H,13,16)(H,14,17,18). The molecule has 1 saturated heterocycles. The monoisotopic (exact) mass is 255 g/mol. The molecule has 1 fully saturated rings. The van der Waals surface area contributed by atoms with Crippen molar-refractivity contribution in [1.82, 2.24) is 15.5 Å². The number of rotatable bonds is 5. The van der Waals surface area contributed by atoms with Gasteiger partial charge < -0.3 is 10.2 Å². The molecule has 1 rings (SSSR count). The first-order valence-electron chi connectivity index (χ1n) is 6.25. The van der Waals surface area contributed by atoms with E-state index in [0.29, 0.717) is 0 Å². The fourth-order valence-electron chi connectivity index (χ4n) is 1.87. The Kier molecular flexibility index (Phi) is 4.32. The number of amides is 4. The second-order valence-corrected chi connectivity index (χ2v) is 4.99. The third-order valence-electron chi connectivity index (χ3n) is 3.35. The van der Waals surface area contributed by atoms with Crippen LogP contribution in [0.2, 0.25) is 0 Å². The number of hydrogen-bond donors (Lipinski definition) is 2. The van der Waals surface area contributed by atoms with Gasteiger partial charge in [0.15, 0.2) is 0 Å². The van der Waals surface area contributed by atoms with E-state index >= 15 is 0 Å². The lowest BCUT2D eigenvalue weighted by Gasteiger charge is -2.28. The Bertz CT molecular complexity index is 362. The van der Waals surface area contributed by atoms with E-state index in [1.807, 2.05) is 13.8 Å². The van der Waals surface area contributed by atoms with E-state index in [2.05, 4.69) is 10.6 Å². The Labute approximate surface area is 107 Å². The molecule has 0 aromatic heterocycles. The number of nitrogens with one attached hydrogen (secondary N) is 2. The van der Waals surface area contributed by atoms with Gasteiger partial charge in [-0.05, 0) is 26.7 Å². The topological polar surface area (TPSA) is 78.5 Å². The van der Waals surface area contributed by atoms with Crippen molar-refractivity contribution >= 4 is 17.8 Å². The van der Waals surface area contributed by atoms with E-state index in [4.69, 9.17) is 0 Å². The number of nitrogens with zero attached hydrogens (tertiary/aromatic N) is 1. The highest BCUT2D eigenvalue weighted by molar-refractivity contribution is 6.07. The first-order chi connectivity index (χ1) is 8.32. The van der Waals surface area contributed by atoms with E-state index in [1.54, 1.807) is 13.8 Å². The number of hydrogen-bond acceptors (Lipinski definition) is 3. The molecule has 1 aliphatic rings. The molecular formula is C12H21N3O3. The van der Waals surface area contributed by atoms with Crippen LogP contribution in [-0.4, -0.2) is 40.9 Å². The van der Waals surface area contributed by atoms with Gasteiger partial charge in [-0.15, -0.1) is 0 Å². The average Bonchev–Trinajstić information content (AvgIpc) is 2.49. The summed E-state index contributed by atoms with van der Waals surface area (Å²) in [6, 6.07) is -0.397. The molecule has 0 unspecified atom stereocenters. The molecule has 1 aliphatic heterocycles. The Morgan fingerprint density at radius 2 is 1.89 bits per heavy atom. The van der Waals surface area contributed by atoms with E-state index in [1.165, 1.54) is 4.90 Å². The molecule has 0 aromatic carbocycles. The summed E-state index contributed by atoms with van der Waals surface area (Å²) in [5, 5.41) is 5.06. The maximum absolute atomic E-state index is 11.8. The maximum atomic E-state index is 11.8. The number of urea groups is 1. The number of imide groups is 1. The second kappa shape index (κ2) is 5.37. The van der Waals surface area contributed by atoms with Crippen LogP contribution in [0.3, 0.4) is 0 Å². The summed E-state index contributed by atoms with van der Waals surface area (Å²) in [5.74, 6) is -0.607. The first kappa shape index (κ1) is 14.5. The first-order valence-corrected chi connectivity index (χ1v) is 6.25. The Balaban J connectivity index is 2.64. The minimum atomic E-state index is -0.970. The summed E-state index contributed by atoms with van der Waals surface area (Å²) in [5.41, 5.74) is -0.970. The SMILES string of the molecule is CCC(CC)NC(=O)CN1C(=O)NC(=O)C1(C)C. The van der Waals surface area contributed by atoms with Crippen LogP contribution in [-0.2, 0) is 9.59 Å². The lowest BCUT2D eigenvalue weighted by atomic mass is 10.0. The van der Waals surface area contributed by atoms with Gasteiger partial charge in [0, 0.05) is 6.04 Å². The molecule has 6 heteroatoms. The van der Waals surface area contributed by atoms with Crippen LogP contribution < -0.4 is 10.6 Å². The summed E-state index contributed by atoms with van der Waals surface area (Å²) in [7, 11) is 0. The molecule has 0 bridgehead atoms. The van der Waals surface area contributed by atoms with Crippen molar-refractivity contribution in [2.75, 3.05) is 6.54 Å². The smallest absolute Gasteiger partial charge is 0.325 e. The van der Waals surface area contributed by atoms with Gasteiger partial charge in [0.05, 0.1) is 0 Å². The predicted octanol–water partition coefficient (Wildman–Crippen LogP) is 0.622. The quantitative estimate of drug-likeness (QED) is 0.707. The van der Waals surface area contributed by atoms with Gasteiger partial charge in [0.2, 0.25) is 5.91 Å². The van der Waals surface area contributed by atoms with Gasteiger partial charge in [-0.25, -0.2) is 4.79 Å². The van der Waals surface area contributed by atoms with Gasteiger partial charge in [-0.1, -0.05) is 13.8 Å². The van der Waals surface area contributed by atoms with Crippen LogP contribution in [0.1, 0.15) is 40.5 Å². The van der Waals surface area contributed by atoms with E-state index in [-0.39, 0.29) is 24.4 Å². The number of carbonyl (C=O) groups excluding carboxylic acids is 3. The van der Waals surface area contributed by atoms with Crippen molar-refractivity contribution in [1.29, 1.82) is 0 Å². The Morgan fingerprint density at radius 1 is 1.33 bits per heavy atom. The van der Waals surface area contributed by atoms with Gasteiger partial charge in [-0.2, -0.15) is 0 Å². The average molecular weight is 255 g/mol. The van der Waals surface area contributed by atoms with Crippen LogP contribution in [0.4, 0.5) is 4.79 Å². The Morgan fingerprint density at radius 3 is 2.28 bits per heavy atom. The van der Waals surface area contributed by atoms with Crippen LogP contribution in [0.15, 0.2) is 0 Å². The largest absolute Gasteiger partial charge is 0.352 e. The third kappa shape index (κ3) is 2.80. The molecule has 0 aromatic rings. The molecule has 0 radical (unpaired) electrons. The molecule has 6 nitrogen and oxygen atoms in total. The molecule has 4 amide bonds. The molecule has 0 saturated carbocycles. The van der Waals surface area contributed by atoms with Gasteiger partial charge in [-0.3, -0.25) is 14.9 Å². The summed E-state index contributed by atoms with van der Waals surface area (Å²) in [6.07, 6.45) is 1.69. The zero-order chi connectivity index (χ0) is 13.9. The van der Waals surface area contributed by atoms with Gasteiger partial charge >= 0.3 is 6.03 Å². The van der Waals surface area contributed by atoms with Crippen molar-refractivity contribution < 1.29 is 14.4 Å². The number of carbonyl (C=O) groups is 3. The fraction of sp³-hybridized carbons (Fsp3) is 0.750. The van der Waals surface area contributed by atoms with Gasteiger partial charge in [0.25, 0.3) is 5.91 Å². The van der Waals surface area contributed by atoms with Crippen molar-refractivity contribution in [3.05, 3.63) is 0 Å². The van der Waals surface area contributed by atoms with Crippen molar-refractivity contribution in [3.63, 3.8) is 0 Å². The molecule has 0 aliphatic carbocycles. The highest BCUT2D eigenvalue weighted by Gasteiger charge is 2.46. The molecular weight excluding hydrogens is 234 g/mol. The zero-order valence-electron chi connectivity index (χ0n) is 11.4. The van der Waals surface area contributed by atoms with Crippen LogP contribution >= 0.6 is 0 Å². The normalized spacial score (nSPS) is 18.2. The minimum absolute atomic E-state index is 0.0962. The van der Waals surface area contributed by atoms with E-state index in [9.17, 15) is 14.4 Å². The summed E-state index contributed by atoms with van der Waals surface area (Å²) in [6.45, 7) is 7.13. The molecule has 0 atom stereocenters. The third-order valence-corrected chi connectivity index (χ3v) is 3.35. The predicted molar refractivity (Wildman–Crippen MR) is 66.8 cm³/mol. The molecule has 1 heterocycles. The highest BCUT2D eigenvalue weighted by atomic mass is 16.2. The molecule has 2 N–H and O–H groups in total. The summed E-state index contributed by atoms with van der Waals surface area (Å²) in [4.78, 5) is 36.2. The lowest BCUT2D eigenvalue weighted by Crippen LogP contribution is -2.50. The van der Waals surface area contributed by atoms with Crippen molar-refractivity contribution in [2.45, 2.75) is 52.1 Å². The Hall–Kier alpha value is -1.59. The minimum Gasteiger partial charge on any atom is -0.352 e. The maximum Gasteiger partial charge on any atom is 0.325 e. The summed E-state index contributed by atoms with van der Waals surface area (Å²) >= 11 is 0. The van der Waals surface area contributed by atoms with Crippen molar-refractivity contribution in [3.8, 4) is 0 Å². The lowest BCUT2D eigenvalue weighted by molar-refractivity contribution is -0.127. The van der Waals surface area contributed by atoms with Crippen molar-refractivity contribution in [2.24, 2.45) is 0 Å². The van der Waals surface area contributed by atoms with E-state index in [0.717, 1.165) is 12.8 Å². The zero-order valence-corrected chi connectivity index (χ0v) is 11.4. The van der Waals surface area contributed by atoms with Crippen LogP contribution in [0.5, 0.6) is 0 Å². The van der Waals surface area contributed by atoms with Gasteiger partial charge in [0.1, 0.15) is 12.1 Å².